The standard InChI is InChI=1S/C27H30N2O/c1-18(2)23-16-15-19(3)25-26(22-13-9-6-10-14-22)28-29(27(23)25)24(30)17-20(4)21-11-7-5-8-12-21/h5-14,17-19,23H,15-16H2,1-4H3/b20-17-/t19-,23-/m1/s1. The van der Waals surface area contributed by atoms with Crippen molar-refractivity contribution in [3.05, 3.63) is 83.6 Å². The highest BCUT2D eigenvalue weighted by Crippen LogP contribution is 2.46. The summed E-state index contributed by atoms with van der Waals surface area (Å²) in [4.78, 5) is 13.4. The van der Waals surface area contributed by atoms with E-state index in [0.717, 1.165) is 40.9 Å². The Labute approximate surface area is 179 Å². The molecule has 0 N–H and O–H groups in total. The molecule has 0 spiro atoms. The van der Waals surface area contributed by atoms with Gasteiger partial charge in [-0.25, -0.2) is 4.68 Å². The molecular weight excluding hydrogens is 368 g/mol. The van der Waals surface area contributed by atoms with E-state index in [1.165, 1.54) is 5.56 Å². The van der Waals surface area contributed by atoms with Gasteiger partial charge in [-0.3, -0.25) is 4.79 Å². The third-order valence-corrected chi connectivity index (χ3v) is 6.34. The maximum absolute atomic E-state index is 13.4. The summed E-state index contributed by atoms with van der Waals surface area (Å²) in [6, 6.07) is 20.3. The molecule has 4 rings (SSSR count). The summed E-state index contributed by atoms with van der Waals surface area (Å²) in [5.41, 5.74) is 6.43. The van der Waals surface area contributed by atoms with Crippen molar-refractivity contribution in [2.24, 2.45) is 5.92 Å². The second-order valence-electron chi connectivity index (χ2n) is 8.79. The van der Waals surface area contributed by atoms with Crippen LogP contribution in [-0.2, 0) is 0 Å². The largest absolute Gasteiger partial charge is 0.271 e. The fraction of sp³-hybridized carbons (Fsp3) is 0.333. The van der Waals surface area contributed by atoms with Crippen LogP contribution >= 0.6 is 0 Å². The van der Waals surface area contributed by atoms with Crippen molar-refractivity contribution in [1.29, 1.82) is 0 Å². The first kappa shape index (κ1) is 20.3. The Kier molecular flexibility index (Phi) is 5.72. The summed E-state index contributed by atoms with van der Waals surface area (Å²) in [7, 11) is 0. The highest BCUT2D eigenvalue weighted by atomic mass is 16.2. The smallest absolute Gasteiger partial charge is 0.267 e. The van der Waals surface area contributed by atoms with Gasteiger partial charge in [-0.2, -0.15) is 5.10 Å². The average Bonchev–Trinajstić information content (AvgIpc) is 3.16. The van der Waals surface area contributed by atoms with E-state index < -0.39 is 0 Å². The number of nitrogens with zero attached hydrogens (tertiary/aromatic N) is 2. The van der Waals surface area contributed by atoms with Crippen molar-refractivity contribution in [2.75, 3.05) is 0 Å². The third-order valence-electron chi connectivity index (χ3n) is 6.34. The Bertz CT molecular complexity index is 1060. The van der Waals surface area contributed by atoms with Crippen LogP contribution in [0.5, 0.6) is 0 Å². The molecule has 2 aromatic carbocycles. The van der Waals surface area contributed by atoms with Crippen molar-refractivity contribution < 1.29 is 4.79 Å². The van der Waals surface area contributed by atoms with E-state index in [-0.39, 0.29) is 5.91 Å². The van der Waals surface area contributed by atoms with Crippen LogP contribution in [0, 0.1) is 5.92 Å². The molecule has 3 aromatic rings. The number of rotatable bonds is 4. The van der Waals surface area contributed by atoms with Crippen LogP contribution in [0.4, 0.5) is 0 Å². The number of fused-ring (bicyclic) bond motifs is 1. The van der Waals surface area contributed by atoms with Gasteiger partial charge in [0.05, 0.1) is 11.4 Å². The van der Waals surface area contributed by atoms with E-state index in [2.05, 4.69) is 32.9 Å². The number of allylic oxidation sites excluding steroid dienone is 2. The normalized spacial score (nSPS) is 19.0. The first-order valence-electron chi connectivity index (χ1n) is 10.9. The van der Waals surface area contributed by atoms with Crippen molar-refractivity contribution in [2.45, 2.75) is 52.4 Å². The average molecular weight is 399 g/mol. The zero-order valence-electron chi connectivity index (χ0n) is 18.3. The minimum Gasteiger partial charge on any atom is -0.267 e. The molecule has 154 valence electrons. The molecule has 0 amide bonds. The lowest BCUT2D eigenvalue weighted by Crippen LogP contribution is -2.23. The molecule has 3 nitrogen and oxygen atoms in total. The van der Waals surface area contributed by atoms with Gasteiger partial charge in [-0.15, -0.1) is 0 Å². The molecule has 1 aromatic heterocycles. The molecule has 1 aliphatic rings. The van der Waals surface area contributed by atoms with Crippen LogP contribution in [0.1, 0.15) is 74.0 Å². The van der Waals surface area contributed by atoms with E-state index in [0.29, 0.717) is 17.8 Å². The number of hydrogen-bond donors (Lipinski definition) is 0. The summed E-state index contributed by atoms with van der Waals surface area (Å²) in [6.45, 7) is 8.76. The molecule has 0 fully saturated rings. The fourth-order valence-corrected chi connectivity index (χ4v) is 4.65. The third kappa shape index (κ3) is 3.77. The van der Waals surface area contributed by atoms with Gasteiger partial charge in [0.2, 0.25) is 0 Å². The minimum atomic E-state index is -0.0606. The van der Waals surface area contributed by atoms with E-state index >= 15 is 0 Å². The molecule has 0 saturated carbocycles. The van der Waals surface area contributed by atoms with Gasteiger partial charge < -0.3 is 0 Å². The van der Waals surface area contributed by atoms with Gasteiger partial charge in [0, 0.05) is 23.1 Å². The molecule has 0 saturated heterocycles. The van der Waals surface area contributed by atoms with E-state index in [9.17, 15) is 4.79 Å². The molecule has 1 aliphatic carbocycles. The topological polar surface area (TPSA) is 34.9 Å². The lowest BCUT2D eigenvalue weighted by Gasteiger charge is -2.30. The first-order chi connectivity index (χ1) is 14.5. The SMILES string of the molecule is C/C(=C/C(=O)n1nc(-c2ccccc2)c2c1[C@@H](C(C)C)CC[C@H]2C)c1ccccc1. The van der Waals surface area contributed by atoms with Gasteiger partial charge in [-0.05, 0) is 42.7 Å². The summed E-state index contributed by atoms with van der Waals surface area (Å²) in [6.07, 6.45) is 3.96. The first-order valence-corrected chi connectivity index (χ1v) is 10.9. The zero-order valence-corrected chi connectivity index (χ0v) is 18.3. The quantitative estimate of drug-likeness (QED) is 0.447. The fourth-order valence-electron chi connectivity index (χ4n) is 4.65. The molecular formula is C27H30N2O. The predicted octanol–water partition coefficient (Wildman–Crippen LogP) is 6.93. The van der Waals surface area contributed by atoms with Crippen molar-refractivity contribution >= 4 is 11.5 Å². The summed E-state index contributed by atoms with van der Waals surface area (Å²) in [5, 5.41) is 4.91. The van der Waals surface area contributed by atoms with Gasteiger partial charge in [0.1, 0.15) is 0 Å². The van der Waals surface area contributed by atoms with Gasteiger partial charge >= 0.3 is 0 Å². The van der Waals surface area contributed by atoms with Crippen LogP contribution in [0.15, 0.2) is 66.7 Å². The molecule has 3 heteroatoms. The summed E-state index contributed by atoms with van der Waals surface area (Å²) >= 11 is 0. The highest BCUT2D eigenvalue weighted by Gasteiger charge is 2.35. The predicted molar refractivity (Wildman–Crippen MR) is 124 cm³/mol. The second kappa shape index (κ2) is 8.43. The van der Waals surface area contributed by atoms with Crippen LogP contribution in [0.3, 0.4) is 0 Å². The summed E-state index contributed by atoms with van der Waals surface area (Å²) < 4.78 is 1.70. The molecule has 1 heterocycles. The van der Waals surface area contributed by atoms with Crippen LogP contribution in [0.25, 0.3) is 16.8 Å². The van der Waals surface area contributed by atoms with Crippen LogP contribution in [0.2, 0.25) is 0 Å². The lowest BCUT2D eigenvalue weighted by molar-refractivity contribution is 0.0947. The molecule has 0 aliphatic heterocycles. The van der Waals surface area contributed by atoms with Crippen molar-refractivity contribution in [3.63, 3.8) is 0 Å². The number of carbonyl (C=O) groups excluding carboxylic acids is 1. The minimum absolute atomic E-state index is 0.0606. The van der Waals surface area contributed by atoms with E-state index in [1.54, 1.807) is 10.8 Å². The Morgan fingerprint density at radius 2 is 1.67 bits per heavy atom. The summed E-state index contributed by atoms with van der Waals surface area (Å²) in [5.74, 6) is 1.14. The van der Waals surface area contributed by atoms with E-state index in [4.69, 9.17) is 5.10 Å². The number of hydrogen-bond acceptors (Lipinski definition) is 2. The monoisotopic (exact) mass is 398 g/mol. The Hall–Kier alpha value is -2.94. The molecule has 2 atom stereocenters. The molecule has 30 heavy (non-hydrogen) atoms. The van der Waals surface area contributed by atoms with Gasteiger partial charge in [0.25, 0.3) is 5.91 Å². The maximum Gasteiger partial charge on any atom is 0.271 e. The van der Waals surface area contributed by atoms with Crippen LogP contribution in [-0.4, -0.2) is 15.7 Å². The highest BCUT2D eigenvalue weighted by molar-refractivity contribution is 5.97. The van der Waals surface area contributed by atoms with E-state index in [1.807, 2.05) is 55.5 Å². The van der Waals surface area contributed by atoms with Crippen molar-refractivity contribution in [3.8, 4) is 11.3 Å². The number of aromatic nitrogens is 2. The number of benzene rings is 2. The Morgan fingerprint density at radius 3 is 2.30 bits per heavy atom. The Morgan fingerprint density at radius 1 is 1.03 bits per heavy atom. The molecule has 0 unspecified atom stereocenters. The maximum atomic E-state index is 13.4. The van der Waals surface area contributed by atoms with Crippen molar-refractivity contribution in [1.82, 2.24) is 9.78 Å². The second-order valence-corrected chi connectivity index (χ2v) is 8.79. The molecule has 0 bridgehead atoms. The lowest BCUT2D eigenvalue weighted by atomic mass is 9.75. The number of carbonyl (C=O) groups is 1. The van der Waals surface area contributed by atoms with Gasteiger partial charge in [-0.1, -0.05) is 81.4 Å². The van der Waals surface area contributed by atoms with Gasteiger partial charge in [0.15, 0.2) is 0 Å². The zero-order chi connectivity index (χ0) is 21.3. The molecule has 0 radical (unpaired) electrons. The Balaban J connectivity index is 1.86. The van der Waals surface area contributed by atoms with Crippen LogP contribution < -0.4 is 0 Å².